The van der Waals surface area contributed by atoms with Crippen molar-refractivity contribution in [3.8, 4) is 11.1 Å². The maximum Gasteiger partial charge on any atom is 0.138 e. The minimum absolute atomic E-state index is 0.0766. The Morgan fingerprint density at radius 1 is 0.605 bits per heavy atom. The van der Waals surface area contributed by atoms with E-state index in [1.807, 2.05) is 30.3 Å². The zero-order valence-electron chi connectivity index (χ0n) is 24.6. The van der Waals surface area contributed by atoms with Crippen LogP contribution in [0.15, 0.2) is 138 Å². The molecule has 7 aromatic carbocycles. The van der Waals surface area contributed by atoms with Crippen molar-refractivity contribution in [2.24, 2.45) is 4.99 Å². The van der Waals surface area contributed by atoms with Gasteiger partial charge in [-0.2, -0.15) is 0 Å². The van der Waals surface area contributed by atoms with Crippen molar-refractivity contribution in [3.63, 3.8) is 0 Å². The van der Waals surface area contributed by atoms with Gasteiger partial charge in [-0.15, -0.1) is 0 Å². The molecule has 0 saturated heterocycles. The monoisotopic (exact) mass is 552 g/mol. The number of nitrogens with one attached hydrogen (secondary N) is 1. The number of para-hydroxylation sites is 2. The van der Waals surface area contributed by atoms with Gasteiger partial charge >= 0.3 is 0 Å². The number of amidine groups is 1. The van der Waals surface area contributed by atoms with Crippen LogP contribution in [0, 0.1) is 6.92 Å². The van der Waals surface area contributed by atoms with Crippen LogP contribution >= 0.6 is 0 Å². The Balaban J connectivity index is 1.30. The molecule has 0 aliphatic heterocycles. The average Bonchev–Trinajstić information content (AvgIpc) is 3.04. The van der Waals surface area contributed by atoms with E-state index in [2.05, 4.69) is 129 Å². The Bertz CT molecular complexity index is 2220. The van der Waals surface area contributed by atoms with Gasteiger partial charge < -0.3 is 5.32 Å². The van der Waals surface area contributed by atoms with E-state index < -0.39 is 0 Å². The first-order chi connectivity index (χ1) is 21.0. The van der Waals surface area contributed by atoms with Crippen LogP contribution < -0.4 is 5.32 Å². The Morgan fingerprint density at radius 2 is 1.30 bits per heavy atom. The summed E-state index contributed by atoms with van der Waals surface area (Å²) < 4.78 is 0. The smallest absolute Gasteiger partial charge is 0.138 e. The number of benzene rings is 7. The summed E-state index contributed by atoms with van der Waals surface area (Å²) in [6, 6.07) is 47.9. The molecule has 0 spiro atoms. The molecule has 0 amide bonds. The van der Waals surface area contributed by atoms with Crippen LogP contribution in [0.5, 0.6) is 0 Å². The number of hydrogen-bond acceptors (Lipinski definition) is 1. The molecule has 0 aromatic heterocycles. The molecule has 0 unspecified atom stereocenters. The maximum atomic E-state index is 5.03. The Kier molecular flexibility index (Phi) is 5.74. The topological polar surface area (TPSA) is 24.4 Å². The molecule has 0 fully saturated rings. The third-order valence-electron chi connectivity index (χ3n) is 9.19. The highest BCUT2D eigenvalue weighted by molar-refractivity contribution is 6.27. The van der Waals surface area contributed by atoms with Gasteiger partial charge in [0, 0.05) is 16.7 Å². The number of nitrogens with zero attached hydrogens (tertiary/aromatic N) is 1. The lowest BCUT2D eigenvalue weighted by atomic mass is 9.69. The lowest BCUT2D eigenvalue weighted by Gasteiger charge is -2.34. The fraction of sp³-hybridized carbons (Fsp3) is 0.0976. The molecule has 2 nitrogen and oxygen atoms in total. The first-order valence-electron chi connectivity index (χ1n) is 15.0. The minimum Gasteiger partial charge on any atom is -0.339 e. The SMILES string of the molecule is Cc1ccccc1N/C(=N/c1ccccc1)c1ccc(-c2cc3ccc4cccc5c4c3c3c(cccc23)C5(C)C)cc1. The molecule has 0 radical (unpaired) electrons. The number of anilines is 1. The van der Waals surface area contributed by atoms with E-state index in [0.29, 0.717) is 0 Å². The Hall–Kier alpha value is -5.21. The van der Waals surface area contributed by atoms with E-state index in [1.54, 1.807) is 0 Å². The minimum atomic E-state index is -0.0766. The summed E-state index contributed by atoms with van der Waals surface area (Å²) in [5.74, 6) is 0.827. The largest absolute Gasteiger partial charge is 0.339 e. The summed E-state index contributed by atoms with van der Waals surface area (Å²) >= 11 is 0. The number of rotatable bonds is 4. The van der Waals surface area contributed by atoms with Crippen molar-refractivity contribution < 1.29 is 0 Å². The highest BCUT2D eigenvalue weighted by Gasteiger charge is 2.32. The number of hydrogen-bond donors (Lipinski definition) is 1. The summed E-state index contributed by atoms with van der Waals surface area (Å²) in [6.45, 7) is 6.86. The van der Waals surface area contributed by atoms with Crippen LogP contribution in [0.3, 0.4) is 0 Å². The molecule has 43 heavy (non-hydrogen) atoms. The van der Waals surface area contributed by atoms with Gasteiger partial charge in [-0.05, 0) is 91.3 Å². The normalized spacial score (nSPS) is 13.8. The molecule has 8 rings (SSSR count). The van der Waals surface area contributed by atoms with Gasteiger partial charge in [0.05, 0.1) is 5.69 Å². The summed E-state index contributed by atoms with van der Waals surface area (Å²) in [4.78, 5) is 5.03. The van der Waals surface area contributed by atoms with Gasteiger partial charge in [0.2, 0.25) is 0 Å². The average molecular weight is 553 g/mol. The van der Waals surface area contributed by atoms with Crippen molar-refractivity contribution in [1.82, 2.24) is 0 Å². The molecule has 1 aliphatic rings. The van der Waals surface area contributed by atoms with Gasteiger partial charge in [0.25, 0.3) is 0 Å². The highest BCUT2D eigenvalue weighted by atomic mass is 15.0. The van der Waals surface area contributed by atoms with Crippen LogP contribution in [0.25, 0.3) is 43.4 Å². The summed E-state index contributed by atoms with van der Waals surface area (Å²) in [5, 5.41) is 11.7. The van der Waals surface area contributed by atoms with Gasteiger partial charge in [0.15, 0.2) is 0 Å². The fourth-order valence-corrected chi connectivity index (χ4v) is 6.93. The van der Waals surface area contributed by atoms with Crippen LogP contribution in [-0.2, 0) is 5.41 Å². The molecular formula is C41H32N2. The second-order valence-electron chi connectivity index (χ2n) is 12.2. The zero-order chi connectivity index (χ0) is 29.1. The van der Waals surface area contributed by atoms with Gasteiger partial charge in [-0.1, -0.05) is 123 Å². The van der Waals surface area contributed by atoms with Gasteiger partial charge in [-0.3, -0.25) is 0 Å². The number of aliphatic imine (C=N–C) groups is 1. The molecule has 0 heterocycles. The molecule has 0 bridgehead atoms. The van der Waals surface area contributed by atoms with Crippen LogP contribution in [0.4, 0.5) is 11.4 Å². The zero-order valence-corrected chi connectivity index (χ0v) is 24.6. The molecule has 2 heteroatoms. The maximum absolute atomic E-state index is 5.03. The third kappa shape index (κ3) is 4.06. The molecular weight excluding hydrogens is 520 g/mol. The van der Waals surface area contributed by atoms with E-state index in [4.69, 9.17) is 4.99 Å². The second-order valence-corrected chi connectivity index (χ2v) is 12.2. The van der Waals surface area contributed by atoms with E-state index in [1.165, 1.54) is 60.1 Å². The van der Waals surface area contributed by atoms with E-state index >= 15 is 0 Å². The van der Waals surface area contributed by atoms with Crippen molar-refractivity contribution in [2.45, 2.75) is 26.2 Å². The molecule has 206 valence electrons. The number of aryl methyl sites for hydroxylation is 1. The second kappa shape index (κ2) is 9.68. The van der Waals surface area contributed by atoms with E-state index in [-0.39, 0.29) is 5.41 Å². The van der Waals surface area contributed by atoms with Crippen LogP contribution in [0.1, 0.15) is 36.1 Å². The van der Waals surface area contributed by atoms with Crippen molar-refractivity contribution in [2.75, 3.05) is 5.32 Å². The molecule has 7 aromatic rings. The molecule has 1 N–H and O–H groups in total. The predicted molar refractivity (Wildman–Crippen MR) is 184 cm³/mol. The molecule has 1 aliphatic carbocycles. The summed E-state index contributed by atoms with van der Waals surface area (Å²) in [6.07, 6.45) is 0. The standard InChI is InChI=1S/C41H32N2/c1-26-11-7-8-18-36(26)43-40(42-31-13-5-4-6-14-31)29-22-19-27(20-23-29)33-25-30-24-21-28-12-9-16-34-37(28)38(30)39-32(33)15-10-17-35(39)41(34,2)3/h4-25H,1-3H3,(H,42,43). The quantitative estimate of drug-likeness (QED) is 0.131. The molecule has 0 atom stereocenters. The lowest BCUT2D eigenvalue weighted by Crippen LogP contribution is -2.22. The van der Waals surface area contributed by atoms with Crippen molar-refractivity contribution >= 4 is 49.5 Å². The third-order valence-corrected chi connectivity index (χ3v) is 9.19. The van der Waals surface area contributed by atoms with E-state index in [0.717, 1.165) is 22.8 Å². The lowest BCUT2D eigenvalue weighted by molar-refractivity contribution is 0.652. The van der Waals surface area contributed by atoms with Crippen molar-refractivity contribution in [3.05, 3.63) is 156 Å². The molecule has 0 saturated carbocycles. The van der Waals surface area contributed by atoms with Crippen LogP contribution in [-0.4, -0.2) is 5.84 Å². The Morgan fingerprint density at radius 3 is 2.09 bits per heavy atom. The summed E-state index contributed by atoms with van der Waals surface area (Å²) in [7, 11) is 0. The fourth-order valence-electron chi connectivity index (χ4n) is 6.93. The Labute approximate surface area is 252 Å². The van der Waals surface area contributed by atoms with Crippen molar-refractivity contribution in [1.29, 1.82) is 0 Å². The van der Waals surface area contributed by atoms with Gasteiger partial charge in [-0.25, -0.2) is 4.99 Å². The van der Waals surface area contributed by atoms with Crippen LogP contribution in [0.2, 0.25) is 0 Å². The summed E-state index contributed by atoms with van der Waals surface area (Å²) in [5.41, 5.74) is 9.40. The first-order valence-corrected chi connectivity index (χ1v) is 15.0. The van der Waals surface area contributed by atoms with E-state index in [9.17, 15) is 0 Å². The van der Waals surface area contributed by atoms with Gasteiger partial charge in [0.1, 0.15) is 5.84 Å². The predicted octanol–water partition coefficient (Wildman–Crippen LogP) is 11.0. The first kappa shape index (κ1) is 25.5. The highest BCUT2D eigenvalue weighted by Crippen LogP contribution is 2.50.